The number of anilines is 1. The van der Waals surface area contributed by atoms with E-state index in [1.807, 2.05) is 0 Å². The largest absolute Gasteiger partial charge is 0.497 e. The Bertz CT molecular complexity index is 1480. The smallest absolute Gasteiger partial charge is 0.259 e. The van der Waals surface area contributed by atoms with Crippen molar-refractivity contribution in [2.24, 2.45) is 0 Å². The SMILES string of the molecule is COc1cccc(-c2nn(-c3ccc(F)cc3)cc2C(=O)Nc2cc(S(C)(=O)=O)ccc2C)c1. The van der Waals surface area contributed by atoms with Crippen molar-refractivity contribution in [2.45, 2.75) is 11.8 Å². The second kappa shape index (κ2) is 9.11. The average molecular weight is 480 g/mol. The molecule has 174 valence electrons. The van der Waals surface area contributed by atoms with Gasteiger partial charge in [0, 0.05) is 23.7 Å². The molecule has 4 rings (SSSR count). The summed E-state index contributed by atoms with van der Waals surface area (Å²) in [4.78, 5) is 13.5. The van der Waals surface area contributed by atoms with Gasteiger partial charge in [-0.05, 0) is 61.0 Å². The third-order valence-corrected chi connectivity index (χ3v) is 6.39. The van der Waals surface area contributed by atoms with E-state index in [-0.39, 0.29) is 16.3 Å². The van der Waals surface area contributed by atoms with Crippen molar-refractivity contribution in [1.29, 1.82) is 0 Å². The number of aromatic nitrogens is 2. The fraction of sp³-hybridized carbons (Fsp3) is 0.120. The van der Waals surface area contributed by atoms with Crippen molar-refractivity contribution in [1.82, 2.24) is 9.78 Å². The Morgan fingerprint density at radius 1 is 1.06 bits per heavy atom. The van der Waals surface area contributed by atoms with Crippen LogP contribution in [0.1, 0.15) is 15.9 Å². The van der Waals surface area contributed by atoms with Gasteiger partial charge in [-0.25, -0.2) is 17.5 Å². The van der Waals surface area contributed by atoms with E-state index in [2.05, 4.69) is 10.4 Å². The lowest BCUT2D eigenvalue weighted by Crippen LogP contribution is -2.14. The summed E-state index contributed by atoms with van der Waals surface area (Å²) in [5, 5.41) is 7.38. The summed E-state index contributed by atoms with van der Waals surface area (Å²) >= 11 is 0. The van der Waals surface area contributed by atoms with Crippen LogP contribution >= 0.6 is 0 Å². The van der Waals surface area contributed by atoms with Gasteiger partial charge in [0.25, 0.3) is 5.91 Å². The van der Waals surface area contributed by atoms with Crippen LogP contribution in [0.3, 0.4) is 0 Å². The summed E-state index contributed by atoms with van der Waals surface area (Å²) in [7, 11) is -1.91. The first-order chi connectivity index (χ1) is 16.2. The van der Waals surface area contributed by atoms with Crippen LogP contribution in [-0.4, -0.2) is 37.5 Å². The Morgan fingerprint density at radius 3 is 2.47 bits per heavy atom. The van der Waals surface area contributed by atoms with Crippen LogP contribution in [0.25, 0.3) is 16.9 Å². The maximum absolute atomic E-state index is 13.4. The van der Waals surface area contributed by atoms with Crippen molar-refractivity contribution in [3.8, 4) is 22.7 Å². The summed E-state index contributed by atoms with van der Waals surface area (Å²) in [5.74, 6) is -0.264. The molecule has 34 heavy (non-hydrogen) atoms. The highest BCUT2D eigenvalue weighted by molar-refractivity contribution is 7.90. The number of ether oxygens (including phenoxy) is 1. The molecule has 1 aromatic heterocycles. The van der Waals surface area contributed by atoms with Crippen molar-refractivity contribution in [2.75, 3.05) is 18.7 Å². The number of methoxy groups -OCH3 is 1. The summed E-state index contributed by atoms with van der Waals surface area (Å²) in [6, 6.07) is 17.4. The van der Waals surface area contributed by atoms with E-state index in [1.54, 1.807) is 62.7 Å². The van der Waals surface area contributed by atoms with Crippen molar-refractivity contribution >= 4 is 21.4 Å². The van der Waals surface area contributed by atoms with Gasteiger partial charge >= 0.3 is 0 Å². The zero-order valence-electron chi connectivity index (χ0n) is 18.7. The molecule has 0 saturated carbocycles. The molecule has 7 nitrogen and oxygen atoms in total. The Kier molecular flexibility index (Phi) is 6.21. The third kappa shape index (κ3) is 4.84. The standard InChI is InChI=1S/C25H22FN3O4S/c1-16-7-12-21(34(3,31)32)14-23(16)27-25(30)22-15-29(19-10-8-18(26)9-11-19)28-24(22)17-5-4-6-20(13-17)33-2/h4-15H,1-3H3,(H,27,30). The molecule has 0 spiro atoms. The van der Waals surface area contributed by atoms with Gasteiger partial charge in [0.1, 0.15) is 17.3 Å². The fourth-order valence-corrected chi connectivity index (χ4v) is 4.05. The normalized spacial score (nSPS) is 11.3. The van der Waals surface area contributed by atoms with E-state index in [0.29, 0.717) is 33.9 Å². The highest BCUT2D eigenvalue weighted by Crippen LogP contribution is 2.28. The maximum Gasteiger partial charge on any atom is 0.259 e. The van der Waals surface area contributed by atoms with Gasteiger partial charge in [-0.1, -0.05) is 18.2 Å². The van der Waals surface area contributed by atoms with Crippen molar-refractivity contribution < 1.29 is 22.3 Å². The number of amides is 1. The monoisotopic (exact) mass is 479 g/mol. The Morgan fingerprint density at radius 2 is 1.79 bits per heavy atom. The first-order valence-electron chi connectivity index (χ1n) is 10.3. The highest BCUT2D eigenvalue weighted by atomic mass is 32.2. The molecule has 0 bridgehead atoms. The van der Waals surface area contributed by atoms with Gasteiger partial charge < -0.3 is 10.1 Å². The second-order valence-electron chi connectivity index (χ2n) is 7.75. The molecule has 0 aliphatic carbocycles. The van der Waals surface area contributed by atoms with Crippen LogP contribution < -0.4 is 10.1 Å². The van der Waals surface area contributed by atoms with Gasteiger partial charge in [-0.15, -0.1) is 0 Å². The number of halogens is 1. The molecule has 0 aliphatic heterocycles. The lowest BCUT2D eigenvalue weighted by molar-refractivity contribution is 0.102. The molecule has 4 aromatic rings. The van der Waals surface area contributed by atoms with Gasteiger partial charge in [0.05, 0.1) is 23.3 Å². The number of sulfone groups is 1. The van der Waals surface area contributed by atoms with Crippen LogP contribution in [0, 0.1) is 12.7 Å². The number of rotatable bonds is 6. The van der Waals surface area contributed by atoms with Crippen LogP contribution in [-0.2, 0) is 9.84 Å². The molecule has 9 heteroatoms. The average Bonchev–Trinajstić information content (AvgIpc) is 3.26. The molecule has 0 radical (unpaired) electrons. The molecule has 1 amide bonds. The van der Waals surface area contributed by atoms with E-state index in [1.165, 1.54) is 28.9 Å². The van der Waals surface area contributed by atoms with E-state index in [0.717, 1.165) is 6.26 Å². The zero-order valence-corrected chi connectivity index (χ0v) is 19.6. The molecule has 3 aromatic carbocycles. The molecular formula is C25H22FN3O4S. The number of benzene rings is 3. The predicted molar refractivity (Wildman–Crippen MR) is 128 cm³/mol. The minimum Gasteiger partial charge on any atom is -0.497 e. The van der Waals surface area contributed by atoms with Gasteiger partial charge in [-0.3, -0.25) is 4.79 Å². The number of carbonyl (C=O) groups is 1. The number of hydrogen-bond donors (Lipinski definition) is 1. The Labute approximate surface area is 196 Å². The molecule has 0 saturated heterocycles. The number of aryl methyl sites for hydroxylation is 1. The lowest BCUT2D eigenvalue weighted by Gasteiger charge is -2.10. The molecular weight excluding hydrogens is 457 g/mol. The number of nitrogens with one attached hydrogen (secondary N) is 1. The quantitative estimate of drug-likeness (QED) is 0.435. The van der Waals surface area contributed by atoms with Gasteiger partial charge in [0.2, 0.25) is 0 Å². The molecule has 0 atom stereocenters. The number of carbonyl (C=O) groups excluding carboxylic acids is 1. The van der Waals surface area contributed by atoms with E-state index in [9.17, 15) is 17.6 Å². The summed E-state index contributed by atoms with van der Waals surface area (Å²) < 4.78 is 44.1. The highest BCUT2D eigenvalue weighted by Gasteiger charge is 2.21. The maximum atomic E-state index is 13.4. The third-order valence-electron chi connectivity index (χ3n) is 5.28. The number of hydrogen-bond acceptors (Lipinski definition) is 5. The minimum absolute atomic E-state index is 0.100. The van der Waals surface area contributed by atoms with Crippen molar-refractivity contribution in [3.05, 3.63) is 89.9 Å². The van der Waals surface area contributed by atoms with Crippen LogP contribution in [0.4, 0.5) is 10.1 Å². The van der Waals surface area contributed by atoms with Crippen LogP contribution in [0.5, 0.6) is 5.75 Å². The van der Waals surface area contributed by atoms with Crippen LogP contribution in [0.2, 0.25) is 0 Å². The molecule has 0 unspecified atom stereocenters. The molecule has 1 heterocycles. The van der Waals surface area contributed by atoms with Crippen molar-refractivity contribution in [3.63, 3.8) is 0 Å². The van der Waals surface area contributed by atoms with Crippen LogP contribution in [0.15, 0.2) is 77.8 Å². The summed E-state index contributed by atoms with van der Waals surface area (Å²) in [6.45, 7) is 1.77. The first-order valence-corrected chi connectivity index (χ1v) is 12.2. The topological polar surface area (TPSA) is 90.3 Å². The predicted octanol–water partition coefficient (Wildman–Crippen LogP) is 4.65. The first kappa shape index (κ1) is 23.2. The van der Waals surface area contributed by atoms with E-state index in [4.69, 9.17) is 4.74 Å². The second-order valence-corrected chi connectivity index (χ2v) is 9.76. The Balaban J connectivity index is 1.79. The molecule has 0 aliphatic rings. The number of nitrogens with zero attached hydrogens (tertiary/aromatic N) is 2. The minimum atomic E-state index is -3.45. The lowest BCUT2D eigenvalue weighted by atomic mass is 10.1. The van der Waals surface area contributed by atoms with Gasteiger partial charge in [0.15, 0.2) is 9.84 Å². The van der Waals surface area contributed by atoms with Gasteiger partial charge in [-0.2, -0.15) is 5.10 Å². The molecule has 1 N–H and O–H groups in total. The zero-order chi connectivity index (χ0) is 24.5. The summed E-state index contributed by atoms with van der Waals surface area (Å²) in [5.41, 5.74) is 2.93. The van der Waals surface area contributed by atoms with E-state index >= 15 is 0 Å². The molecule has 0 fully saturated rings. The van der Waals surface area contributed by atoms with E-state index < -0.39 is 15.7 Å². The fourth-order valence-electron chi connectivity index (χ4n) is 3.41. The Hall–Kier alpha value is -3.98. The summed E-state index contributed by atoms with van der Waals surface area (Å²) in [6.07, 6.45) is 2.66.